The highest BCUT2D eigenvalue weighted by Crippen LogP contribution is 2.22. The van der Waals surface area contributed by atoms with Crippen LogP contribution in [0.4, 0.5) is 5.82 Å². The van der Waals surface area contributed by atoms with Gasteiger partial charge in [-0.05, 0) is 18.7 Å². The summed E-state index contributed by atoms with van der Waals surface area (Å²) in [5.41, 5.74) is 1.08. The molecular weight excluding hydrogens is 210 g/mol. The van der Waals surface area contributed by atoms with Gasteiger partial charge in [-0.2, -0.15) is 0 Å². The SMILES string of the molecule is C=CCN(C)c1ncc(CNC)cc1Cl. The molecule has 1 rings (SSSR count). The number of nitrogens with one attached hydrogen (secondary N) is 1. The highest BCUT2D eigenvalue weighted by Gasteiger charge is 2.06. The summed E-state index contributed by atoms with van der Waals surface area (Å²) in [6, 6.07) is 1.93. The molecule has 3 nitrogen and oxygen atoms in total. The largest absolute Gasteiger partial charge is 0.355 e. The molecule has 0 fully saturated rings. The van der Waals surface area contributed by atoms with Crippen molar-refractivity contribution in [2.75, 3.05) is 25.5 Å². The van der Waals surface area contributed by atoms with E-state index in [4.69, 9.17) is 11.6 Å². The first-order valence-corrected chi connectivity index (χ1v) is 5.18. The second-order valence-corrected chi connectivity index (χ2v) is 3.76. The Morgan fingerprint density at radius 2 is 2.40 bits per heavy atom. The highest BCUT2D eigenvalue weighted by atomic mass is 35.5. The van der Waals surface area contributed by atoms with E-state index in [9.17, 15) is 0 Å². The quantitative estimate of drug-likeness (QED) is 0.778. The van der Waals surface area contributed by atoms with Gasteiger partial charge < -0.3 is 10.2 Å². The number of nitrogens with zero attached hydrogens (tertiary/aromatic N) is 2. The van der Waals surface area contributed by atoms with E-state index in [-0.39, 0.29) is 0 Å². The van der Waals surface area contributed by atoms with Crippen LogP contribution >= 0.6 is 11.6 Å². The molecule has 1 heterocycles. The third-order valence-corrected chi connectivity index (χ3v) is 2.30. The Bertz CT molecular complexity index is 339. The number of hydrogen-bond donors (Lipinski definition) is 1. The fraction of sp³-hybridized carbons (Fsp3) is 0.364. The van der Waals surface area contributed by atoms with Crippen LogP contribution in [0.25, 0.3) is 0 Å². The second-order valence-electron chi connectivity index (χ2n) is 3.35. The van der Waals surface area contributed by atoms with Gasteiger partial charge in [0.15, 0.2) is 0 Å². The average Bonchev–Trinajstić information content (AvgIpc) is 2.18. The van der Waals surface area contributed by atoms with Crippen molar-refractivity contribution in [3.05, 3.63) is 35.5 Å². The normalized spacial score (nSPS) is 10.1. The molecule has 0 saturated carbocycles. The van der Waals surface area contributed by atoms with Crippen LogP contribution in [-0.2, 0) is 6.54 Å². The third-order valence-electron chi connectivity index (χ3n) is 2.02. The lowest BCUT2D eigenvalue weighted by Gasteiger charge is -2.17. The van der Waals surface area contributed by atoms with Crippen molar-refractivity contribution in [1.82, 2.24) is 10.3 Å². The lowest BCUT2D eigenvalue weighted by molar-refractivity contribution is 0.812. The van der Waals surface area contributed by atoms with Crippen LogP contribution in [-0.4, -0.2) is 25.6 Å². The Labute approximate surface area is 95.8 Å². The molecule has 0 aromatic carbocycles. The smallest absolute Gasteiger partial charge is 0.147 e. The second kappa shape index (κ2) is 5.73. The van der Waals surface area contributed by atoms with Gasteiger partial charge in [0.25, 0.3) is 0 Å². The molecule has 0 atom stereocenters. The van der Waals surface area contributed by atoms with Crippen molar-refractivity contribution in [2.24, 2.45) is 0 Å². The molecule has 0 aliphatic rings. The van der Waals surface area contributed by atoms with Gasteiger partial charge in [0.1, 0.15) is 5.82 Å². The predicted octanol–water partition coefficient (Wildman–Crippen LogP) is 2.08. The summed E-state index contributed by atoms with van der Waals surface area (Å²) in [6.07, 6.45) is 3.65. The van der Waals surface area contributed by atoms with Crippen LogP contribution in [0.2, 0.25) is 5.02 Å². The maximum Gasteiger partial charge on any atom is 0.147 e. The number of likely N-dealkylation sites (N-methyl/N-ethyl adjacent to an activating group) is 1. The summed E-state index contributed by atoms with van der Waals surface area (Å²) >= 11 is 6.13. The predicted molar refractivity (Wildman–Crippen MR) is 65.5 cm³/mol. The molecule has 0 aliphatic carbocycles. The first-order chi connectivity index (χ1) is 7.19. The average molecular weight is 226 g/mol. The molecule has 1 aromatic rings. The molecule has 0 saturated heterocycles. The van der Waals surface area contributed by atoms with E-state index in [1.807, 2.05) is 37.3 Å². The fourth-order valence-electron chi connectivity index (χ4n) is 1.33. The standard InChI is InChI=1S/C11H16ClN3/c1-4-5-15(3)11-10(12)6-9(7-13-2)8-14-11/h4,6,8,13H,1,5,7H2,2-3H3. The third kappa shape index (κ3) is 3.22. The molecule has 0 aliphatic heterocycles. The van der Waals surface area contributed by atoms with Crippen molar-refractivity contribution in [2.45, 2.75) is 6.54 Å². The van der Waals surface area contributed by atoms with E-state index < -0.39 is 0 Å². The molecule has 1 N–H and O–H groups in total. The van der Waals surface area contributed by atoms with Crippen molar-refractivity contribution in [3.63, 3.8) is 0 Å². The maximum atomic E-state index is 6.13. The summed E-state index contributed by atoms with van der Waals surface area (Å²) in [6.45, 7) is 5.19. The zero-order chi connectivity index (χ0) is 11.3. The topological polar surface area (TPSA) is 28.2 Å². The number of rotatable bonds is 5. The molecule has 0 unspecified atom stereocenters. The molecule has 82 valence electrons. The first-order valence-electron chi connectivity index (χ1n) is 4.80. The maximum absolute atomic E-state index is 6.13. The first kappa shape index (κ1) is 12.0. The molecular formula is C11H16ClN3. The zero-order valence-corrected chi connectivity index (χ0v) is 9.88. The van der Waals surface area contributed by atoms with E-state index in [1.54, 1.807) is 0 Å². The van der Waals surface area contributed by atoms with Gasteiger partial charge in [-0.1, -0.05) is 17.7 Å². The van der Waals surface area contributed by atoms with Gasteiger partial charge in [-0.15, -0.1) is 6.58 Å². The van der Waals surface area contributed by atoms with Gasteiger partial charge in [0.05, 0.1) is 5.02 Å². The highest BCUT2D eigenvalue weighted by molar-refractivity contribution is 6.33. The minimum Gasteiger partial charge on any atom is -0.355 e. The summed E-state index contributed by atoms with van der Waals surface area (Å²) < 4.78 is 0. The van der Waals surface area contributed by atoms with E-state index in [2.05, 4.69) is 16.9 Å². The monoisotopic (exact) mass is 225 g/mol. The van der Waals surface area contributed by atoms with Crippen molar-refractivity contribution in [1.29, 1.82) is 0 Å². The fourth-order valence-corrected chi connectivity index (χ4v) is 1.67. The summed E-state index contributed by atoms with van der Waals surface area (Å²) in [5, 5.41) is 3.73. The van der Waals surface area contributed by atoms with Gasteiger partial charge in [-0.25, -0.2) is 4.98 Å². The molecule has 15 heavy (non-hydrogen) atoms. The van der Waals surface area contributed by atoms with Gasteiger partial charge in [0, 0.05) is 26.3 Å². The Balaban J connectivity index is 2.86. The van der Waals surface area contributed by atoms with Gasteiger partial charge in [-0.3, -0.25) is 0 Å². The van der Waals surface area contributed by atoms with Crippen molar-refractivity contribution in [3.8, 4) is 0 Å². The van der Waals surface area contributed by atoms with Gasteiger partial charge >= 0.3 is 0 Å². The summed E-state index contributed by atoms with van der Waals surface area (Å²) in [4.78, 5) is 6.28. The summed E-state index contributed by atoms with van der Waals surface area (Å²) in [5.74, 6) is 0.788. The number of anilines is 1. The molecule has 0 radical (unpaired) electrons. The molecule has 0 bridgehead atoms. The Kier molecular flexibility index (Phi) is 4.59. The Morgan fingerprint density at radius 1 is 1.67 bits per heavy atom. The van der Waals surface area contributed by atoms with Crippen molar-refractivity contribution < 1.29 is 0 Å². The van der Waals surface area contributed by atoms with E-state index in [0.717, 1.165) is 24.5 Å². The molecule has 1 aromatic heterocycles. The van der Waals surface area contributed by atoms with E-state index in [1.165, 1.54) is 0 Å². The number of halogens is 1. The van der Waals surface area contributed by atoms with Crippen molar-refractivity contribution >= 4 is 17.4 Å². The Morgan fingerprint density at radius 3 is 2.93 bits per heavy atom. The zero-order valence-electron chi connectivity index (χ0n) is 9.13. The molecule has 4 heteroatoms. The van der Waals surface area contributed by atoms with Crippen LogP contribution < -0.4 is 10.2 Å². The van der Waals surface area contributed by atoms with Crippen LogP contribution in [0.15, 0.2) is 24.9 Å². The number of hydrogen-bond acceptors (Lipinski definition) is 3. The van der Waals surface area contributed by atoms with Crippen LogP contribution in [0.5, 0.6) is 0 Å². The van der Waals surface area contributed by atoms with Crippen LogP contribution in [0, 0.1) is 0 Å². The minimum atomic E-state index is 0.673. The van der Waals surface area contributed by atoms with Crippen LogP contribution in [0.1, 0.15) is 5.56 Å². The van der Waals surface area contributed by atoms with E-state index >= 15 is 0 Å². The number of aromatic nitrogens is 1. The minimum absolute atomic E-state index is 0.673. The van der Waals surface area contributed by atoms with E-state index in [0.29, 0.717) is 5.02 Å². The lowest BCUT2D eigenvalue weighted by atomic mass is 10.3. The molecule has 0 amide bonds. The lowest BCUT2D eigenvalue weighted by Crippen LogP contribution is -2.18. The summed E-state index contributed by atoms with van der Waals surface area (Å²) in [7, 11) is 3.83. The van der Waals surface area contributed by atoms with Gasteiger partial charge in [0.2, 0.25) is 0 Å². The number of pyridine rings is 1. The molecule has 0 spiro atoms. The Hall–Kier alpha value is -1.06. The van der Waals surface area contributed by atoms with Crippen LogP contribution in [0.3, 0.4) is 0 Å².